The molecule has 13 heavy (non-hydrogen) atoms. The zero-order valence-corrected chi connectivity index (χ0v) is 8.65. The molecular formula is C9H10N2S2. The van der Waals surface area contributed by atoms with E-state index in [1.807, 2.05) is 11.4 Å². The molecule has 0 spiro atoms. The minimum atomic E-state index is 0.0425. The number of aromatic nitrogens is 1. The molecule has 2 aromatic heterocycles. The fourth-order valence-electron chi connectivity index (χ4n) is 1.18. The van der Waals surface area contributed by atoms with Crippen LogP contribution in [0.1, 0.15) is 17.3 Å². The summed E-state index contributed by atoms with van der Waals surface area (Å²) in [7, 11) is 0. The first-order valence-corrected chi connectivity index (χ1v) is 5.81. The number of hydrogen-bond acceptors (Lipinski definition) is 4. The summed E-state index contributed by atoms with van der Waals surface area (Å²) >= 11 is 3.16. The van der Waals surface area contributed by atoms with Gasteiger partial charge in [-0.2, -0.15) is 15.7 Å². The molecule has 0 aliphatic rings. The summed E-state index contributed by atoms with van der Waals surface area (Å²) in [5, 5.41) is 6.16. The van der Waals surface area contributed by atoms with Crippen LogP contribution in [0.2, 0.25) is 0 Å². The summed E-state index contributed by atoms with van der Waals surface area (Å²) in [5.74, 6) is 0. The molecule has 1 atom stereocenters. The first-order chi connectivity index (χ1) is 6.36. The van der Waals surface area contributed by atoms with Gasteiger partial charge >= 0.3 is 0 Å². The smallest absolute Gasteiger partial charge is 0.0712 e. The standard InChI is InChI=1S/C9H10N2S2/c10-8(9-2-4-13-11-9)5-7-1-3-12-6-7/h1-4,6,8H,5,10H2. The molecule has 0 aliphatic carbocycles. The second-order valence-corrected chi connectivity index (χ2v) is 4.31. The lowest BCUT2D eigenvalue weighted by molar-refractivity contribution is 0.707. The highest BCUT2D eigenvalue weighted by atomic mass is 32.1. The van der Waals surface area contributed by atoms with Crippen molar-refractivity contribution in [3.8, 4) is 0 Å². The molecule has 2 nitrogen and oxygen atoms in total. The monoisotopic (exact) mass is 210 g/mol. The van der Waals surface area contributed by atoms with Crippen molar-refractivity contribution in [3.63, 3.8) is 0 Å². The van der Waals surface area contributed by atoms with Crippen LogP contribution < -0.4 is 5.73 Å². The first kappa shape index (κ1) is 8.87. The predicted molar refractivity (Wildman–Crippen MR) is 57.1 cm³/mol. The topological polar surface area (TPSA) is 38.9 Å². The Labute approximate surface area is 85.2 Å². The maximum absolute atomic E-state index is 5.98. The Morgan fingerprint density at radius 3 is 2.92 bits per heavy atom. The van der Waals surface area contributed by atoms with Gasteiger partial charge in [0.15, 0.2) is 0 Å². The minimum absolute atomic E-state index is 0.0425. The molecule has 68 valence electrons. The molecule has 0 radical (unpaired) electrons. The van der Waals surface area contributed by atoms with E-state index >= 15 is 0 Å². The highest BCUT2D eigenvalue weighted by Gasteiger charge is 2.08. The normalized spacial score (nSPS) is 13.0. The van der Waals surface area contributed by atoms with Gasteiger partial charge in [-0.15, -0.1) is 0 Å². The largest absolute Gasteiger partial charge is 0.322 e. The van der Waals surface area contributed by atoms with Crippen LogP contribution in [0.3, 0.4) is 0 Å². The molecule has 0 bridgehead atoms. The van der Waals surface area contributed by atoms with Gasteiger partial charge in [0.25, 0.3) is 0 Å². The third-order valence-corrected chi connectivity index (χ3v) is 3.18. The summed E-state index contributed by atoms with van der Waals surface area (Å²) in [6.45, 7) is 0. The van der Waals surface area contributed by atoms with Crippen molar-refractivity contribution in [1.29, 1.82) is 0 Å². The van der Waals surface area contributed by atoms with E-state index in [0.29, 0.717) is 0 Å². The number of rotatable bonds is 3. The molecule has 2 aromatic rings. The van der Waals surface area contributed by atoms with Gasteiger partial charge in [0.1, 0.15) is 0 Å². The van der Waals surface area contributed by atoms with Crippen molar-refractivity contribution >= 4 is 22.9 Å². The van der Waals surface area contributed by atoms with Crippen LogP contribution in [0.15, 0.2) is 28.3 Å². The van der Waals surface area contributed by atoms with E-state index in [-0.39, 0.29) is 6.04 Å². The molecule has 0 aromatic carbocycles. The van der Waals surface area contributed by atoms with Crippen molar-refractivity contribution in [2.45, 2.75) is 12.5 Å². The maximum atomic E-state index is 5.98. The molecule has 0 aliphatic heterocycles. The van der Waals surface area contributed by atoms with E-state index in [9.17, 15) is 0 Å². The van der Waals surface area contributed by atoms with Crippen LogP contribution in [0.4, 0.5) is 0 Å². The van der Waals surface area contributed by atoms with E-state index in [1.165, 1.54) is 17.1 Å². The average Bonchev–Trinajstić information content (AvgIpc) is 2.74. The Bertz CT molecular complexity index is 340. The summed E-state index contributed by atoms with van der Waals surface area (Å²) in [4.78, 5) is 0. The third-order valence-electron chi connectivity index (χ3n) is 1.87. The van der Waals surface area contributed by atoms with Crippen molar-refractivity contribution in [2.75, 3.05) is 0 Å². The Balaban J connectivity index is 2.04. The molecule has 2 heterocycles. The van der Waals surface area contributed by atoms with Gasteiger partial charge in [-0.3, -0.25) is 0 Å². The molecule has 1 unspecified atom stereocenters. The van der Waals surface area contributed by atoms with Gasteiger partial charge in [-0.1, -0.05) is 0 Å². The number of nitrogens with two attached hydrogens (primary N) is 1. The van der Waals surface area contributed by atoms with E-state index < -0.39 is 0 Å². The molecular weight excluding hydrogens is 200 g/mol. The first-order valence-electron chi connectivity index (χ1n) is 4.03. The zero-order valence-electron chi connectivity index (χ0n) is 7.01. The lowest BCUT2D eigenvalue weighted by atomic mass is 10.1. The van der Waals surface area contributed by atoms with E-state index in [4.69, 9.17) is 5.73 Å². The predicted octanol–water partition coefficient (Wildman–Crippen LogP) is 2.45. The van der Waals surface area contributed by atoms with Crippen LogP contribution in [0, 0.1) is 0 Å². The van der Waals surface area contributed by atoms with Crippen molar-refractivity contribution in [3.05, 3.63) is 39.5 Å². The summed E-state index contributed by atoms with van der Waals surface area (Å²) in [6, 6.07) is 4.14. The molecule has 0 fully saturated rings. The minimum Gasteiger partial charge on any atom is -0.322 e. The summed E-state index contributed by atoms with van der Waals surface area (Å²) < 4.78 is 4.22. The molecule has 4 heteroatoms. The number of hydrogen-bond donors (Lipinski definition) is 1. The second-order valence-electron chi connectivity index (χ2n) is 2.87. The SMILES string of the molecule is NC(Cc1ccsc1)c1ccsn1. The highest BCUT2D eigenvalue weighted by Crippen LogP contribution is 2.17. The van der Waals surface area contributed by atoms with Gasteiger partial charge in [0.05, 0.1) is 11.7 Å². The van der Waals surface area contributed by atoms with E-state index in [1.54, 1.807) is 11.3 Å². The van der Waals surface area contributed by atoms with Crippen molar-refractivity contribution < 1.29 is 0 Å². The summed E-state index contributed by atoms with van der Waals surface area (Å²) in [5.41, 5.74) is 8.27. The second kappa shape index (κ2) is 4.00. The van der Waals surface area contributed by atoms with Gasteiger partial charge in [-0.05, 0) is 46.4 Å². The molecule has 2 rings (SSSR count). The molecule has 0 saturated carbocycles. The third kappa shape index (κ3) is 2.15. The lowest BCUT2D eigenvalue weighted by Gasteiger charge is -2.06. The van der Waals surface area contributed by atoms with Gasteiger partial charge in [0.2, 0.25) is 0 Å². The van der Waals surface area contributed by atoms with Gasteiger partial charge in [0, 0.05) is 5.38 Å². The Morgan fingerprint density at radius 1 is 1.38 bits per heavy atom. The van der Waals surface area contributed by atoms with E-state index in [2.05, 4.69) is 21.2 Å². The van der Waals surface area contributed by atoms with Crippen LogP contribution in [-0.2, 0) is 6.42 Å². The average molecular weight is 210 g/mol. The lowest BCUT2D eigenvalue weighted by Crippen LogP contribution is -2.12. The molecule has 0 saturated heterocycles. The number of nitrogens with zero attached hydrogens (tertiary/aromatic N) is 1. The van der Waals surface area contributed by atoms with Crippen LogP contribution >= 0.6 is 22.9 Å². The highest BCUT2D eigenvalue weighted by molar-refractivity contribution is 7.08. The quantitative estimate of drug-likeness (QED) is 0.845. The fraction of sp³-hybridized carbons (Fsp3) is 0.222. The Morgan fingerprint density at radius 2 is 2.31 bits per heavy atom. The fourth-order valence-corrected chi connectivity index (χ4v) is 2.44. The van der Waals surface area contributed by atoms with Crippen LogP contribution in [-0.4, -0.2) is 4.37 Å². The van der Waals surface area contributed by atoms with Crippen LogP contribution in [0.5, 0.6) is 0 Å². The molecule has 0 amide bonds. The van der Waals surface area contributed by atoms with E-state index in [0.717, 1.165) is 12.1 Å². The molecule has 2 N–H and O–H groups in total. The van der Waals surface area contributed by atoms with Crippen molar-refractivity contribution in [1.82, 2.24) is 4.37 Å². The maximum Gasteiger partial charge on any atom is 0.0712 e. The number of thiophene rings is 1. The Kier molecular flexibility index (Phi) is 2.73. The van der Waals surface area contributed by atoms with Gasteiger partial charge < -0.3 is 5.73 Å². The Hall–Kier alpha value is -0.710. The summed E-state index contributed by atoms with van der Waals surface area (Å²) in [6.07, 6.45) is 0.882. The van der Waals surface area contributed by atoms with Gasteiger partial charge in [-0.25, -0.2) is 0 Å². The zero-order chi connectivity index (χ0) is 9.10. The van der Waals surface area contributed by atoms with Crippen molar-refractivity contribution in [2.24, 2.45) is 5.73 Å². The van der Waals surface area contributed by atoms with Crippen LogP contribution in [0.25, 0.3) is 0 Å².